The predicted molar refractivity (Wildman–Crippen MR) is 68.9 cm³/mol. The normalized spacial score (nSPS) is 17.8. The van der Waals surface area contributed by atoms with E-state index in [1.165, 1.54) is 5.56 Å². The Balaban J connectivity index is 2.65. The zero-order chi connectivity index (χ0) is 12.1. The van der Waals surface area contributed by atoms with Gasteiger partial charge in [-0.1, -0.05) is 0 Å². The molecule has 2 rings (SSSR count). The summed E-state index contributed by atoms with van der Waals surface area (Å²) in [7, 11) is -1.52. The van der Waals surface area contributed by atoms with Gasteiger partial charge >= 0.3 is 0 Å². The van der Waals surface area contributed by atoms with E-state index in [1.54, 1.807) is 0 Å². The number of phenolic OH excluding ortho intramolecular Hbond substituents is 1. The summed E-state index contributed by atoms with van der Waals surface area (Å²) in [6.07, 6.45) is 1.05. The Bertz CT molecular complexity index is 450. The lowest BCUT2D eigenvalue weighted by atomic mass is 9.96. The smallest absolute Gasteiger partial charge is 0.245 e. The molecule has 0 bridgehead atoms. The zero-order valence-electron chi connectivity index (χ0n) is 10.8. The number of rotatable bonds is 0. The van der Waals surface area contributed by atoms with Crippen molar-refractivity contribution in [1.29, 1.82) is 0 Å². The Morgan fingerprint density at radius 3 is 2.31 bits per heavy atom. The van der Waals surface area contributed by atoms with Gasteiger partial charge in [0.1, 0.15) is 11.5 Å². The van der Waals surface area contributed by atoms with E-state index < -0.39 is 8.32 Å². The largest absolute Gasteiger partial charge is 0.544 e. The monoisotopic (exact) mass is 236 g/mol. The van der Waals surface area contributed by atoms with Crippen molar-refractivity contribution in [3.63, 3.8) is 0 Å². The van der Waals surface area contributed by atoms with Crippen molar-refractivity contribution >= 4 is 8.32 Å². The summed E-state index contributed by atoms with van der Waals surface area (Å²) in [4.78, 5) is 0. The zero-order valence-corrected chi connectivity index (χ0v) is 11.8. The lowest BCUT2D eigenvalue weighted by molar-refractivity contribution is 0.457. The highest BCUT2D eigenvalue weighted by Crippen LogP contribution is 2.42. The number of phenols is 1. The van der Waals surface area contributed by atoms with Crippen molar-refractivity contribution in [1.82, 2.24) is 0 Å². The SMILES string of the molecule is Cc1c(C)c2c(c(C)c1O)CC[Si](C)(C)O2. The molecule has 1 aromatic carbocycles. The second-order valence-corrected chi connectivity index (χ2v) is 9.62. The second-order valence-electron chi connectivity index (χ2n) is 5.39. The first kappa shape index (κ1) is 11.5. The van der Waals surface area contributed by atoms with Crippen LogP contribution in [-0.2, 0) is 6.42 Å². The van der Waals surface area contributed by atoms with Gasteiger partial charge in [-0.05, 0) is 68.6 Å². The number of hydrogen-bond acceptors (Lipinski definition) is 2. The Kier molecular flexibility index (Phi) is 2.53. The Labute approximate surface area is 98.4 Å². The van der Waals surface area contributed by atoms with Crippen LogP contribution in [-0.4, -0.2) is 13.4 Å². The number of aromatic hydroxyl groups is 1. The Hall–Kier alpha value is -0.963. The first-order chi connectivity index (χ1) is 7.33. The van der Waals surface area contributed by atoms with Gasteiger partial charge in [0, 0.05) is 0 Å². The molecule has 0 fully saturated rings. The van der Waals surface area contributed by atoms with E-state index in [1.807, 2.05) is 20.8 Å². The summed E-state index contributed by atoms with van der Waals surface area (Å²) < 4.78 is 6.19. The van der Waals surface area contributed by atoms with Crippen LogP contribution in [0.15, 0.2) is 0 Å². The van der Waals surface area contributed by atoms with Gasteiger partial charge in [-0.15, -0.1) is 0 Å². The van der Waals surface area contributed by atoms with Crippen LogP contribution >= 0.6 is 0 Å². The molecule has 2 nitrogen and oxygen atoms in total. The second kappa shape index (κ2) is 3.52. The Morgan fingerprint density at radius 2 is 1.69 bits per heavy atom. The van der Waals surface area contributed by atoms with E-state index >= 15 is 0 Å². The van der Waals surface area contributed by atoms with Crippen LogP contribution in [0.5, 0.6) is 11.5 Å². The van der Waals surface area contributed by atoms with Gasteiger partial charge in [0.25, 0.3) is 0 Å². The molecule has 0 unspecified atom stereocenters. The molecule has 0 saturated heterocycles. The molecule has 0 radical (unpaired) electrons. The van der Waals surface area contributed by atoms with Gasteiger partial charge in [-0.25, -0.2) is 0 Å². The topological polar surface area (TPSA) is 29.5 Å². The quantitative estimate of drug-likeness (QED) is 0.699. The summed E-state index contributed by atoms with van der Waals surface area (Å²) in [5.74, 6) is 1.50. The van der Waals surface area contributed by atoms with Crippen molar-refractivity contribution in [2.24, 2.45) is 0 Å². The first-order valence-corrected chi connectivity index (χ1v) is 8.95. The predicted octanol–water partition coefficient (Wildman–Crippen LogP) is 3.46. The van der Waals surface area contributed by atoms with E-state index in [0.717, 1.165) is 34.9 Å². The number of benzene rings is 1. The summed E-state index contributed by atoms with van der Waals surface area (Å²) >= 11 is 0. The summed E-state index contributed by atoms with van der Waals surface area (Å²) in [6, 6.07) is 1.14. The maximum Gasteiger partial charge on any atom is 0.245 e. The molecule has 1 heterocycles. The van der Waals surface area contributed by atoms with Crippen LogP contribution in [0.1, 0.15) is 22.3 Å². The average molecular weight is 236 g/mol. The lowest BCUT2D eigenvalue weighted by Gasteiger charge is -2.33. The molecule has 88 valence electrons. The third-order valence-corrected chi connectivity index (χ3v) is 5.91. The summed E-state index contributed by atoms with van der Waals surface area (Å²) in [5.41, 5.74) is 4.29. The molecular weight excluding hydrogens is 216 g/mol. The highest BCUT2D eigenvalue weighted by atomic mass is 28.4. The fraction of sp³-hybridized carbons (Fsp3) is 0.538. The van der Waals surface area contributed by atoms with Crippen molar-refractivity contribution in [2.45, 2.75) is 46.3 Å². The fourth-order valence-corrected chi connectivity index (χ4v) is 4.14. The molecule has 0 saturated carbocycles. The lowest BCUT2D eigenvalue weighted by Crippen LogP contribution is -2.38. The highest BCUT2D eigenvalue weighted by Gasteiger charge is 2.32. The van der Waals surface area contributed by atoms with Crippen LogP contribution in [0.3, 0.4) is 0 Å². The third kappa shape index (κ3) is 1.63. The summed E-state index contributed by atoms with van der Waals surface area (Å²) in [6.45, 7) is 10.5. The molecule has 0 aromatic heterocycles. The number of hydrogen-bond donors (Lipinski definition) is 1. The van der Waals surface area contributed by atoms with Gasteiger partial charge in [-0.3, -0.25) is 0 Å². The fourth-order valence-electron chi connectivity index (χ4n) is 2.36. The van der Waals surface area contributed by atoms with E-state index in [-0.39, 0.29) is 0 Å². The van der Waals surface area contributed by atoms with Gasteiger partial charge in [-0.2, -0.15) is 0 Å². The molecule has 3 heteroatoms. The molecule has 0 amide bonds. The molecule has 0 spiro atoms. The molecule has 1 aliphatic rings. The van der Waals surface area contributed by atoms with Crippen LogP contribution < -0.4 is 4.43 Å². The van der Waals surface area contributed by atoms with E-state index in [9.17, 15) is 5.11 Å². The van der Waals surface area contributed by atoms with Crippen molar-refractivity contribution in [3.05, 3.63) is 22.3 Å². The van der Waals surface area contributed by atoms with Crippen LogP contribution in [0.25, 0.3) is 0 Å². The van der Waals surface area contributed by atoms with Crippen molar-refractivity contribution in [3.8, 4) is 11.5 Å². The van der Waals surface area contributed by atoms with Crippen LogP contribution in [0.4, 0.5) is 0 Å². The van der Waals surface area contributed by atoms with Crippen molar-refractivity contribution < 1.29 is 9.53 Å². The minimum absolute atomic E-state index is 0.446. The Morgan fingerprint density at radius 1 is 1.06 bits per heavy atom. The molecule has 1 aliphatic heterocycles. The maximum atomic E-state index is 10.0. The van der Waals surface area contributed by atoms with E-state index in [0.29, 0.717) is 5.75 Å². The molecule has 0 aliphatic carbocycles. The van der Waals surface area contributed by atoms with Gasteiger partial charge in [0.2, 0.25) is 8.32 Å². The van der Waals surface area contributed by atoms with Gasteiger partial charge in [0.15, 0.2) is 0 Å². The minimum Gasteiger partial charge on any atom is -0.544 e. The van der Waals surface area contributed by atoms with Gasteiger partial charge < -0.3 is 9.53 Å². The number of fused-ring (bicyclic) bond motifs is 1. The average Bonchev–Trinajstić information content (AvgIpc) is 2.22. The molecule has 0 atom stereocenters. The summed E-state index contributed by atoms with van der Waals surface area (Å²) in [5, 5.41) is 10.0. The molecule has 1 aromatic rings. The van der Waals surface area contributed by atoms with E-state index in [2.05, 4.69) is 13.1 Å². The first-order valence-electron chi connectivity index (χ1n) is 5.84. The molecular formula is C13H20O2Si. The van der Waals surface area contributed by atoms with Crippen molar-refractivity contribution in [2.75, 3.05) is 0 Å². The highest BCUT2D eigenvalue weighted by molar-refractivity contribution is 6.72. The van der Waals surface area contributed by atoms with Crippen LogP contribution in [0, 0.1) is 20.8 Å². The minimum atomic E-state index is -1.52. The third-order valence-electron chi connectivity index (χ3n) is 3.70. The molecule has 16 heavy (non-hydrogen) atoms. The standard InChI is InChI=1S/C13H20O2Si/c1-8-9(2)13-11(10(3)12(8)14)6-7-16(4,5)15-13/h14H,6-7H2,1-5H3. The van der Waals surface area contributed by atoms with Crippen LogP contribution in [0.2, 0.25) is 19.1 Å². The van der Waals surface area contributed by atoms with Gasteiger partial charge in [0.05, 0.1) is 0 Å². The van der Waals surface area contributed by atoms with E-state index in [4.69, 9.17) is 4.43 Å². The maximum absolute atomic E-state index is 10.0. The molecule has 1 N–H and O–H groups in total.